The fourth-order valence-corrected chi connectivity index (χ4v) is 14.7. The first kappa shape index (κ1) is 92.8. The number of aliphatic hydroxyl groups is 8. The second-order valence-corrected chi connectivity index (χ2v) is 30.7. The highest BCUT2D eigenvalue weighted by Crippen LogP contribution is 2.31. The molecule has 12 atom stereocenters. The molecule has 2 heterocycles. The summed E-state index contributed by atoms with van der Waals surface area (Å²) in [6.07, 6.45) is 71.3. The maximum absolute atomic E-state index is 13.4. The van der Waals surface area contributed by atoms with Gasteiger partial charge >= 0.3 is 0 Å². The lowest BCUT2D eigenvalue weighted by atomic mass is 9.97. The molecule has 0 aromatic carbocycles. The molecular formula is C84H163NO13. The van der Waals surface area contributed by atoms with E-state index in [1.54, 1.807) is 0 Å². The van der Waals surface area contributed by atoms with Crippen LogP contribution in [0.2, 0.25) is 0 Å². The van der Waals surface area contributed by atoms with Crippen LogP contribution < -0.4 is 5.32 Å². The van der Waals surface area contributed by atoms with Crippen LogP contribution in [0.4, 0.5) is 0 Å². The van der Waals surface area contributed by atoms with Crippen LogP contribution in [0.25, 0.3) is 0 Å². The monoisotopic (exact) mass is 1390 g/mol. The highest BCUT2D eigenvalue weighted by molar-refractivity contribution is 5.76. The Morgan fingerprint density at radius 2 is 0.643 bits per heavy atom. The molecule has 9 N–H and O–H groups in total. The molecule has 2 aliphatic heterocycles. The highest BCUT2D eigenvalue weighted by atomic mass is 16.7. The van der Waals surface area contributed by atoms with Crippen LogP contribution in [-0.2, 0) is 23.7 Å². The van der Waals surface area contributed by atoms with Gasteiger partial charge in [-0.05, 0) is 38.5 Å². The van der Waals surface area contributed by atoms with Crippen molar-refractivity contribution < 1.29 is 64.6 Å². The van der Waals surface area contributed by atoms with Gasteiger partial charge in [0.15, 0.2) is 12.6 Å². The molecule has 0 radical (unpaired) electrons. The smallest absolute Gasteiger partial charge is 0.220 e. The summed E-state index contributed by atoms with van der Waals surface area (Å²) in [7, 11) is 0. The first-order valence-electron chi connectivity index (χ1n) is 42.9. The molecule has 98 heavy (non-hydrogen) atoms. The molecule has 2 saturated heterocycles. The van der Waals surface area contributed by atoms with Gasteiger partial charge in [0.1, 0.15) is 48.8 Å². The van der Waals surface area contributed by atoms with Crippen molar-refractivity contribution in [2.75, 3.05) is 19.8 Å². The molecule has 582 valence electrons. The number of aliphatic hydroxyl groups excluding tert-OH is 8. The highest BCUT2D eigenvalue weighted by Gasteiger charge is 2.51. The predicted molar refractivity (Wildman–Crippen MR) is 406 cm³/mol. The minimum absolute atomic E-state index is 0.196. The molecule has 1 amide bonds. The predicted octanol–water partition coefficient (Wildman–Crippen LogP) is 20.0. The zero-order valence-corrected chi connectivity index (χ0v) is 64.1. The Kier molecular flexibility index (Phi) is 65.2. The SMILES string of the molecule is CCCCCCCCCC/C=C\CCCCCCCCCCCCCCCCCCCCCC(=O)NC(COC1OC(CO)C(OC2OC(CO)C(O)C(O)C2O)C(O)C1O)C(O)CCCCCCCCCCCCCCCCCCCCCCCCCCCCCCCCCCC. The van der Waals surface area contributed by atoms with Crippen molar-refractivity contribution in [3.05, 3.63) is 12.2 Å². The minimum Gasteiger partial charge on any atom is -0.394 e. The maximum Gasteiger partial charge on any atom is 0.220 e. The van der Waals surface area contributed by atoms with E-state index in [2.05, 4.69) is 31.3 Å². The van der Waals surface area contributed by atoms with Crippen molar-refractivity contribution in [2.45, 2.75) is 498 Å². The molecule has 0 saturated carbocycles. The Labute approximate surface area is 603 Å². The average Bonchev–Trinajstić information content (AvgIpc) is 0.793. The van der Waals surface area contributed by atoms with E-state index >= 15 is 0 Å². The molecule has 2 fully saturated rings. The van der Waals surface area contributed by atoms with Crippen molar-refractivity contribution >= 4 is 5.91 Å². The Bertz CT molecular complexity index is 1690. The van der Waals surface area contributed by atoms with E-state index in [0.29, 0.717) is 12.8 Å². The van der Waals surface area contributed by atoms with Crippen LogP contribution in [0.5, 0.6) is 0 Å². The molecule has 0 spiro atoms. The number of hydrogen-bond acceptors (Lipinski definition) is 13. The Morgan fingerprint density at radius 3 is 0.969 bits per heavy atom. The summed E-state index contributed by atoms with van der Waals surface area (Å²) in [5.74, 6) is -0.196. The second kappa shape index (κ2) is 68.8. The molecule has 0 aromatic rings. The van der Waals surface area contributed by atoms with Crippen molar-refractivity contribution in [1.29, 1.82) is 0 Å². The normalized spacial score (nSPS) is 22.0. The summed E-state index contributed by atoms with van der Waals surface area (Å²) in [5, 5.41) is 88.0. The summed E-state index contributed by atoms with van der Waals surface area (Å²) in [4.78, 5) is 13.4. The van der Waals surface area contributed by atoms with Gasteiger partial charge < -0.3 is 65.1 Å². The summed E-state index contributed by atoms with van der Waals surface area (Å²) < 4.78 is 23.0. The number of nitrogens with one attached hydrogen (secondary N) is 1. The first-order chi connectivity index (χ1) is 48.1. The van der Waals surface area contributed by atoms with E-state index in [9.17, 15) is 45.6 Å². The van der Waals surface area contributed by atoms with Crippen molar-refractivity contribution in [2.24, 2.45) is 0 Å². The van der Waals surface area contributed by atoms with Gasteiger partial charge in [0, 0.05) is 6.42 Å². The van der Waals surface area contributed by atoms with Gasteiger partial charge in [-0.2, -0.15) is 0 Å². The van der Waals surface area contributed by atoms with Crippen LogP contribution in [0.15, 0.2) is 12.2 Å². The third-order valence-corrected chi connectivity index (χ3v) is 21.5. The lowest BCUT2D eigenvalue weighted by Gasteiger charge is -2.46. The van der Waals surface area contributed by atoms with Gasteiger partial charge in [-0.3, -0.25) is 4.79 Å². The lowest BCUT2D eigenvalue weighted by Crippen LogP contribution is -2.65. The van der Waals surface area contributed by atoms with E-state index in [4.69, 9.17) is 18.9 Å². The van der Waals surface area contributed by atoms with Crippen LogP contribution in [0.1, 0.15) is 425 Å². The maximum atomic E-state index is 13.4. The van der Waals surface area contributed by atoms with Crippen molar-refractivity contribution in [3.8, 4) is 0 Å². The van der Waals surface area contributed by atoms with Crippen LogP contribution >= 0.6 is 0 Å². The fraction of sp³-hybridized carbons (Fsp3) is 0.964. The van der Waals surface area contributed by atoms with Gasteiger partial charge in [-0.25, -0.2) is 0 Å². The van der Waals surface area contributed by atoms with Gasteiger partial charge in [-0.15, -0.1) is 0 Å². The third-order valence-electron chi connectivity index (χ3n) is 21.5. The van der Waals surface area contributed by atoms with Crippen LogP contribution in [-0.4, -0.2) is 140 Å². The quantitative estimate of drug-likeness (QED) is 0.0204. The summed E-state index contributed by atoms with van der Waals surface area (Å²) in [6.45, 7) is 2.95. The lowest BCUT2D eigenvalue weighted by molar-refractivity contribution is -0.359. The molecular weight excluding hydrogens is 1230 g/mol. The Hall–Kier alpha value is -1.27. The number of carbonyl (C=O) groups excluding carboxylic acids is 1. The molecule has 0 aliphatic carbocycles. The molecule has 14 heteroatoms. The third kappa shape index (κ3) is 51.0. The van der Waals surface area contributed by atoms with E-state index < -0.39 is 86.8 Å². The standard InChI is InChI=1S/C84H163NO13/c1-3-5-7-9-11-13-15-17-19-21-23-25-27-29-31-33-35-36-38-39-41-43-45-47-49-51-53-55-57-59-61-63-65-67-73(88)72(71-95-83-81(94)79(92)82(75(70-87)97-83)98-84-80(93)78(91)77(90)74(69-86)96-84)85-76(89)68-66-64-62-60-58-56-54-52-50-48-46-44-42-40-37-34-32-30-28-26-24-22-20-18-16-14-12-10-8-6-4-2/h22,24,72-75,77-84,86-88,90-94H,3-21,23,25-71H2,1-2H3,(H,85,89)/b24-22-. The van der Waals surface area contributed by atoms with Gasteiger partial charge in [-0.1, -0.05) is 392 Å². The summed E-state index contributed by atoms with van der Waals surface area (Å²) >= 11 is 0. The fourth-order valence-electron chi connectivity index (χ4n) is 14.7. The van der Waals surface area contributed by atoms with Gasteiger partial charge in [0.05, 0.1) is 32.0 Å². The van der Waals surface area contributed by atoms with Crippen molar-refractivity contribution in [3.63, 3.8) is 0 Å². The summed E-state index contributed by atoms with van der Waals surface area (Å²) in [5.41, 5.74) is 0. The number of amides is 1. The minimum atomic E-state index is -1.78. The number of hydrogen-bond donors (Lipinski definition) is 9. The van der Waals surface area contributed by atoms with E-state index in [1.807, 2.05) is 0 Å². The van der Waals surface area contributed by atoms with Crippen molar-refractivity contribution in [1.82, 2.24) is 5.32 Å². The number of allylic oxidation sites excluding steroid dienone is 2. The number of unbranched alkanes of at least 4 members (excludes halogenated alkanes) is 59. The number of ether oxygens (including phenoxy) is 4. The molecule has 0 aromatic heterocycles. The van der Waals surface area contributed by atoms with E-state index in [0.717, 1.165) is 51.4 Å². The average molecular weight is 1400 g/mol. The van der Waals surface area contributed by atoms with Crippen LogP contribution in [0, 0.1) is 0 Å². The molecule has 2 rings (SSSR count). The van der Waals surface area contributed by atoms with Gasteiger partial charge in [0.2, 0.25) is 5.91 Å². The zero-order chi connectivity index (χ0) is 70.8. The number of carbonyl (C=O) groups is 1. The molecule has 12 unspecified atom stereocenters. The van der Waals surface area contributed by atoms with E-state index in [-0.39, 0.29) is 12.5 Å². The Balaban J connectivity index is 1.57. The summed E-state index contributed by atoms with van der Waals surface area (Å²) in [6, 6.07) is -0.828. The molecule has 14 nitrogen and oxygen atoms in total. The van der Waals surface area contributed by atoms with Gasteiger partial charge in [0.25, 0.3) is 0 Å². The Morgan fingerprint density at radius 1 is 0.357 bits per heavy atom. The van der Waals surface area contributed by atoms with Crippen LogP contribution in [0.3, 0.4) is 0 Å². The second-order valence-electron chi connectivity index (χ2n) is 30.7. The number of rotatable bonds is 74. The first-order valence-corrected chi connectivity index (χ1v) is 42.9. The van der Waals surface area contributed by atoms with E-state index in [1.165, 1.54) is 347 Å². The topological polar surface area (TPSA) is 228 Å². The molecule has 0 bridgehead atoms. The largest absolute Gasteiger partial charge is 0.394 e. The zero-order valence-electron chi connectivity index (χ0n) is 64.1. The molecule has 2 aliphatic rings.